The van der Waals surface area contributed by atoms with E-state index in [2.05, 4.69) is 15.5 Å². The first-order chi connectivity index (χ1) is 9.70. The van der Waals surface area contributed by atoms with Crippen molar-refractivity contribution in [1.29, 1.82) is 5.26 Å². The molecule has 0 unspecified atom stereocenters. The summed E-state index contributed by atoms with van der Waals surface area (Å²) in [4.78, 5) is 12.1. The quantitative estimate of drug-likeness (QED) is 0.750. The highest BCUT2D eigenvalue weighted by atomic mass is 16.5. The van der Waals surface area contributed by atoms with Crippen LogP contribution in [-0.4, -0.2) is 32.3 Å². The van der Waals surface area contributed by atoms with Crippen LogP contribution in [0.15, 0.2) is 36.7 Å². The Morgan fingerprint density at radius 1 is 1.45 bits per heavy atom. The van der Waals surface area contributed by atoms with Crippen molar-refractivity contribution in [2.45, 2.75) is 25.5 Å². The molecule has 0 spiro atoms. The standard InChI is InChI=1S/C13H13N5O2/c1-10(8-14)20-13(19)12(18-9-15-16-17-18)7-11-5-3-2-4-6-11/h2-6,9-10,12H,7H2,1H3/t10-,12+/m0/s1. The second-order valence-electron chi connectivity index (χ2n) is 4.20. The number of tetrazole rings is 1. The maximum absolute atomic E-state index is 12.1. The van der Waals surface area contributed by atoms with Crippen LogP contribution in [0.3, 0.4) is 0 Å². The largest absolute Gasteiger partial charge is 0.446 e. The van der Waals surface area contributed by atoms with Gasteiger partial charge in [0.2, 0.25) is 0 Å². The Kier molecular flexibility index (Phi) is 4.39. The molecular weight excluding hydrogens is 258 g/mol. The molecule has 2 aromatic rings. The first-order valence-corrected chi connectivity index (χ1v) is 6.07. The molecule has 0 radical (unpaired) electrons. The predicted molar refractivity (Wildman–Crippen MR) is 68.2 cm³/mol. The molecule has 0 aliphatic carbocycles. The molecule has 0 bridgehead atoms. The molecule has 0 aliphatic rings. The molecule has 0 saturated heterocycles. The van der Waals surface area contributed by atoms with Gasteiger partial charge in [-0.2, -0.15) is 5.26 Å². The lowest BCUT2D eigenvalue weighted by atomic mass is 10.1. The zero-order valence-corrected chi connectivity index (χ0v) is 10.9. The fourth-order valence-electron chi connectivity index (χ4n) is 1.71. The smallest absolute Gasteiger partial charge is 0.332 e. The number of benzene rings is 1. The van der Waals surface area contributed by atoms with Crippen molar-refractivity contribution < 1.29 is 9.53 Å². The van der Waals surface area contributed by atoms with Crippen molar-refractivity contribution in [2.24, 2.45) is 0 Å². The fraction of sp³-hybridized carbons (Fsp3) is 0.308. The summed E-state index contributed by atoms with van der Waals surface area (Å²) in [5.41, 5.74) is 0.953. The second-order valence-corrected chi connectivity index (χ2v) is 4.20. The lowest BCUT2D eigenvalue weighted by Gasteiger charge is -2.16. The van der Waals surface area contributed by atoms with Gasteiger partial charge in [-0.05, 0) is 22.9 Å². The monoisotopic (exact) mass is 271 g/mol. The van der Waals surface area contributed by atoms with Gasteiger partial charge in [0, 0.05) is 6.42 Å². The van der Waals surface area contributed by atoms with E-state index in [1.54, 1.807) is 0 Å². The van der Waals surface area contributed by atoms with E-state index in [9.17, 15) is 4.79 Å². The summed E-state index contributed by atoms with van der Waals surface area (Å²) in [6.07, 6.45) is 0.937. The zero-order valence-electron chi connectivity index (χ0n) is 10.9. The van der Waals surface area contributed by atoms with Crippen molar-refractivity contribution in [1.82, 2.24) is 20.2 Å². The van der Waals surface area contributed by atoms with E-state index in [1.807, 2.05) is 36.4 Å². The average Bonchev–Trinajstić information content (AvgIpc) is 2.99. The van der Waals surface area contributed by atoms with Gasteiger partial charge in [0.1, 0.15) is 12.4 Å². The van der Waals surface area contributed by atoms with Gasteiger partial charge < -0.3 is 4.74 Å². The Bertz CT molecular complexity index is 591. The topological polar surface area (TPSA) is 93.7 Å². The van der Waals surface area contributed by atoms with Crippen molar-refractivity contribution >= 4 is 5.97 Å². The van der Waals surface area contributed by atoms with Crippen LogP contribution in [0.5, 0.6) is 0 Å². The van der Waals surface area contributed by atoms with Crippen LogP contribution in [0.4, 0.5) is 0 Å². The Labute approximate surface area is 115 Å². The summed E-state index contributed by atoms with van der Waals surface area (Å²) < 4.78 is 6.37. The van der Waals surface area contributed by atoms with Gasteiger partial charge in [0.25, 0.3) is 0 Å². The van der Waals surface area contributed by atoms with E-state index < -0.39 is 18.1 Å². The van der Waals surface area contributed by atoms with E-state index >= 15 is 0 Å². The van der Waals surface area contributed by atoms with Crippen LogP contribution in [0.2, 0.25) is 0 Å². The summed E-state index contributed by atoms with van der Waals surface area (Å²) >= 11 is 0. The maximum atomic E-state index is 12.1. The molecule has 7 heteroatoms. The van der Waals surface area contributed by atoms with E-state index in [-0.39, 0.29) is 0 Å². The fourth-order valence-corrected chi connectivity index (χ4v) is 1.71. The number of carbonyl (C=O) groups is 1. The first kappa shape index (κ1) is 13.7. The van der Waals surface area contributed by atoms with Crippen LogP contribution >= 0.6 is 0 Å². The molecule has 20 heavy (non-hydrogen) atoms. The number of aromatic nitrogens is 4. The minimum Gasteiger partial charge on any atom is -0.446 e. The Morgan fingerprint density at radius 3 is 2.80 bits per heavy atom. The second kappa shape index (κ2) is 6.43. The predicted octanol–water partition coefficient (Wildman–Crippen LogP) is 0.912. The highest BCUT2D eigenvalue weighted by Gasteiger charge is 2.25. The van der Waals surface area contributed by atoms with E-state index in [0.29, 0.717) is 6.42 Å². The zero-order chi connectivity index (χ0) is 14.4. The molecule has 2 rings (SSSR count). The van der Waals surface area contributed by atoms with Gasteiger partial charge in [0.15, 0.2) is 12.1 Å². The van der Waals surface area contributed by atoms with Gasteiger partial charge in [-0.15, -0.1) is 5.10 Å². The molecule has 7 nitrogen and oxygen atoms in total. The summed E-state index contributed by atoms with van der Waals surface area (Å²) in [5, 5.41) is 19.5. The van der Waals surface area contributed by atoms with Gasteiger partial charge in [-0.25, -0.2) is 9.48 Å². The summed E-state index contributed by atoms with van der Waals surface area (Å²) in [6.45, 7) is 1.51. The molecule has 1 aromatic heterocycles. The number of esters is 1. The van der Waals surface area contributed by atoms with Crippen LogP contribution in [0.1, 0.15) is 18.5 Å². The number of ether oxygens (including phenoxy) is 1. The van der Waals surface area contributed by atoms with E-state index in [1.165, 1.54) is 17.9 Å². The Hall–Kier alpha value is -2.75. The van der Waals surface area contributed by atoms with Gasteiger partial charge in [-0.3, -0.25) is 0 Å². The Balaban J connectivity index is 2.18. The van der Waals surface area contributed by atoms with Crippen LogP contribution in [0.25, 0.3) is 0 Å². The lowest BCUT2D eigenvalue weighted by Crippen LogP contribution is -2.27. The number of nitriles is 1. The molecule has 1 aromatic carbocycles. The van der Waals surface area contributed by atoms with Gasteiger partial charge in [-0.1, -0.05) is 30.3 Å². The number of rotatable bonds is 5. The van der Waals surface area contributed by atoms with Crippen molar-refractivity contribution in [3.8, 4) is 6.07 Å². The minimum atomic E-state index is -0.808. The number of nitrogens with zero attached hydrogens (tertiary/aromatic N) is 5. The molecule has 0 amide bonds. The normalized spacial score (nSPS) is 13.2. The summed E-state index contributed by atoms with van der Waals surface area (Å²) in [7, 11) is 0. The summed E-state index contributed by atoms with van der Waals surface area (Å²) in [5.74, 6) is -0.532. The average molecular weight is 271 g/mol. The molecular formula is C13H13N5O2. The molecule has 102 valence electrons. The molecule has 0 fully saturated rings. The molecule has 2 atom stereocenters. The number of carbonyl (C=O) groups excluding carboxylic acids is 1. The summed E-state index contributed by atoms with van der Waals surface area (Å²) in [6, 6.07) is 10.6. The lowest BCUT2D eigenvalue weighted by molar-refractivity contribution is -0.150. The minimum absolute atomic E-state index is 0.392. The third-order valence-electron chi connectivity index (χ3n) is 2.70. The third-order valence-corrected chi connectivity index (χ3v) is 2.70. The van der Waals surface area contributed by atoms with E-state index in [0.717, 1.165) is 5.56 Å². The Morgan fingerprint density at radius 2 is 2.20 bits per heavy atom. The molecule has 0 aliphatic heterocycles. The van der Waals surface area contributed by atoms with Gasteiger partial charge >= 0.3 is 5.97 Å². The number of hydrogen-bond donors (Lipinski definition) is 0. The van der Waals surface area contributed by atoms with Crippen molar-refractivity contribution in [3.05, 3.63) is 42.2 Å². The first-order valence-electron chi connectivity index (χ1n) is 6.07. The van der Waals surface area contributed by atoms with Crippen LogP contribution in [0, 0.1) is 11.3 Å². The van der Waals surface area contributed by atoms with E-state index in [4.69, 9.17) is 10.00 Å². The maximum Gasteiger partial charge on any atom is 0.332 e. The van der Waals surface area contributed by atoms with Crippen molar-refractivity contribution in [2.75, 3.05) is 0 Å². The van der Waals surface area contributed by atoms with Crippen LogP contribution < -0.4 is 0 Å². The van der Waals surface area contributed by atoms with Crippen LogP contribution in [-0.2, 0) is 16.0 Å². The third kappa shape index (κ3) is 3.38. The highest BCUT2D eigenvalue weighted by Crippen LogP contribution is 2.15. The highest BCUT2D eigenvalue weighted by molar-refractivity contribution is 5.74. The SMILES string of the molecule is C[C@@H](C#N)OC(=O)[C@@H](Cc1ccccc1)n1cnnn1. The van der Waals surface area contributed by atoms with Gasteiger partial charge in [0.05, 0.1) is 0 Å². The van der Waals surface area contributed by atoms with Crippen molar-refractivity contribution in [3.63, 3.8) is 0 Å². The molecule has 0 saturated carbocycles. The molecule has 1 heterocycles. The number of hydrogen-bond acceptors (Lipinski definition) is 6. The molecule has 0 N–H and O–H groups in total.